The maximum absolute atomic E-state index is 13.9. The number of hydrogen-bond donors (Lipinski definition) is 0. The van der Waals surface area contributed by atoms with Crippen molar-refractivity contribution in [3.8, 4) is 11.5 Å². The molecular weight excluding hydrogens is 459 g/mol. The van der Waals surface area contributed by atoms with Crippen LogP contribution in [0.1, 0.15) is 16.7 Å². The molecule has 0 aliphatic carbocycles. The normalized spacial score (nSPS) is 14.3. The summed E-state index contributed by atoms with van der Waals surface area (Å²) in [5, 5.41) is -0.157. The number of halogens is 4. The summed E-state index contributed by atoms with van der Waals surface area (Å²) in [4.78, 5) is 16.3. The molecule has 1 aliphatic heterocycles. The van der Waals surface area contributed by atoms with Crippen LogP contribution in [-0.4, -0.2) is 19.0 Å². The highest BCUT2D eigenvalue weighted by molar-refractivity contribution is 6.34. The number of esters is 1. The van der Waals surface area contributed by atoms with Gasteiger partial charge in [0.25, 0.3) is 0 Å². The van der Waals surface area contributed by atoms with Crippen molar-refractivity contribution in [1.82, 2.24) is 0 Å². The van der Waals surface area contributed by atoms with Crippen LogP contribution >= 0.6 is 11.6 Å². The maximum Gasteiger partial charge on any atom is 0.363 e. The number of ether oxygens (including phenoxy) is 3. The molecule has 4 rings (SSSR count). The van der Waals surface area contributed by atoms with Gasteiger partial charge < -0.3 is 14.2 Å². The second-order valence-electron chi connectivity index (χ2n) is 6.87. The molecule has 3 aromatic rings. The Morgan fingerprint density at radius 3 is 2.52 bits per heavy atom. The molecule has 0 saturated carbocycles. The Bertz CT molecular complexity index is 1310. The molecule has 0 unspecified atom stereocenters. The van der Waals surface area contributed by atoms with Crippen LogP contribution in [0.4, 0.5) is 13.2 Å². The Morgan fingerprint density at radius 1 is 1.00 bits per heavy atom. The van der Waals surface area contributed by atoms with Gasteiger partial charge in [-0.1, -0.05) is 35.9 Å². The molecule has 0 saturated heterocycles. The highest BCUT2D eigenvalue weighted by atomic mass is 35.5. The molecule has 168 valence electrons. The monoisotopic (exact) mass is 473 g/mol. The highest BCUT2D eigenvalue weighted by Crippen LogP contribution is 2.31. The second kappa shape index (κ2) is 9.38. The molecule has 33 heavy (non-hydrogen) atoms. The molecule has 0 spiro atoms. The van der Waals surface area contributed by atoms with Crippen LogP contribution < -0.4 is 9.47 Å². The van der Waals surface area contributed by atoms with E-state index < -0.39 is 23.4 Å². The summed E-state index contributed by atoms with van der Waals surface area (Å²) in [6.45, 7) is -0.0397. The minimum Gasteiger partial charge on any atom is -0.493 e. The van der Waals surface area contributed by atoms with E-state index in [0.29, 0.717) is 22.6 Å². The maximum atomic E-state index is 13.9. The Hall–Kier alpha value is -3.78. The fourth-order valence-electron chi connectivity index (χ4n) is 3.04. The quantitative estimate of drug-likeness (QED) is 0.262. The van der Waals surface area contributed by atoms with Gasteiger partial charge in [0, 0.05) is 5.56 Å². The second-order valence-corrected chi connectivity index (χ2v) is 7.28. The molecule has 3 aromatic carbocycles. The first kappa shape index (κ1) is 22.4. The van der Waals surface area contributed by atoms with Crippen molar-refractivity contribution in [1.29, 1.82) is 0 Å². The van der Waals surface area contributed by atoms with E-state index in [1.807, 2.05) is 0 Å². The van der Waals surface area contributed by atoms with Crippen molar-refractivity contribution in [3.63, 3.8) is 0 Å². The lowest BCUT2D eigenvalue weighted by Gasteiger charge is -2.12. The number of rotatable bonds is 6. The van der Waals surface area contributed by atoms with E-state index in [-0.39, 0.29) is 28.8 Å². The molecule has 0 radical (unpaired) electrons. The van der Waals surface area contributed by atoms with Crippen molar-refractivity contribution < 1.29 is 32.2 Å². The van der Waals surface area contributed by atoms with Gasteiger partial charge >= 0.3 is 5.97 Å². The predicted octanol–water partition coefficient (Wildman–Crippen LogP) is 5.69. The van der Waals surface area contributed by atoms with Crippen molar-refractivity contribution in [3.05, 3.63) is 99.5 Å². The van der Waals surface area contributed by atoms with E-state index in [4.69, 9.17) is 25.8 Å². The SMILES string of the molecule is COc1ccc(/C=C2/N=C(c3cc(F)c(F)cc3Cl)OC2=O)cc1OCc1ccccc1F. The average molecular weight is 474 g/mol. The number of hydrogen-bond acceptors (Lipinski definition) is 5. The van der Waals surface area contributed by atoms with Gasteiger partial charge in [0.15, 0.2) is 28.8 Å². The molecule has 1 aliphatic rings. The number of carbonyl (C=O) groups is 1. The van der Waals surface area contributed by atoms with E-state index >= 15 is 0 Å². The Kier molecular flexibility index (Phi) is 6.37. The lowest BCUT2D eigenvalue weighted by molar-refractivity contribution is -0.129. The number of nitrogens with zero attached hydrogens (tertiary/aromatic N) is 1. The molecule has 0 aromatic heterocycles. The zero-order chi connectivity index (χ0) is 23.5. The molecule has 0 fully saturated rings. The minimum atomic E-state index is -1.16. The summed E-state index contributed by atoms with van der Waals surface area (Å²) < 4.78 is 56.9. The number of cyclic esters (lactones) is 1. The molecule has 9 heteroatoms. The van der Waals surface area contributed by atoms with Crippen molar-refractivity contribution >= 4 is 29.5 Å². The van der Waals surface area contributed by atoms with Crippen molar-refractivity contribution in [2.75, 3.05) is 7.11 Å². The van der Waals surface area contributed by atoms with Gasteiger partial charge in [0.2, 0.25) is 5.90 Å². The zero-order valence-electron chi connectivity index (χ0n) is 17.1. The van der Waals surface area contributed by atoms with Gasteiger partial charge in [-0.25, -0.2) is 23.0 Å². The molecule has 0 atom stereocenters. The lowest BCUT2D eigenvalue weighted by atomic mass is 10.1. The topological polar surface area (TPSA) is 57.1 Å². The van der Waals surface area contributed by atoms with Crippen molar-refractivity contribution in [2.24, 2.45) is 4.99 Å². The third kappa shape index (κ3) is 4.85. The van der Waals surface area contributed by atoms with Crippen LogP contribution in [0.3, 0.4) is 0 Å². The van der Waals surface area contributed by atoms with E-state index in [1.165, 1.54) is 19.3 Å². The minimum absolute atomic E-state index is 0.0397. The van der Waals surface area contributed by atoms with Crippen LogP contribution in [0.5, 0.6) is 11.5 Å². The molecule has 0 N–H and O–H groups in total. The summed E-state index contributed by atoms with van der Waals surface area (Å²) >= 11 is 5.93. The van der Waals surface area contributed by atoms with Crippen LogP contribution in [0, 0.1) is 17.5 Å². The van der Waals surface area contributed by atoms with Crippen LogP contribution in [0.2, 0.25) is 5.02 Å². The summed E-state index contributed by atoms with van der Waals surface area (Å²) in [7, 11) is 1.46. The van der Waals surface area contributed by atoms with Gasteiger partial charge in [-0.3, -0.25) is 0 Å². The summed E-state index contributed by atoms with van der Waals surface area (Å²) in [5.41, 5.74) is 0.722. The van der Waals surface area contributed by atoms with E-state index in [1.54, 1.807) is 36.4 Å². The third-order valence-corrected chi connectivity index (χ3v) is 5.01. The van der Waals surface area contributed by atoms with E-state index in [2.05, 4.69) is 4.99 Å². The first-order valence-corrected chi connectivity index (χ1v) is 9.95. The molecule has 0 bridgehead atoms. The predicted molar refractivity (Wildman–Crippen MR) is 116 cm³/mol. The Balaban J connectivity index is 1.62. The first-order valence-electron chi connectivity index (χ1n) is 9.57. The third-order valence-electron chi connectivity index (χ3n) is 4.69. The lowest BCUT2D eigenvalue weighted by Crippen LogP contribution is -2.07. The number of aliphatic imine (C=N–C) groups is 1. The molecule has 1 heterocycles. The first-order chi connectivity index (χ1) is 15.9. The smallest absolute Gasteiger partial charge is 0.363 e. The number of benzene rings is 3. The molecule has 5 nitrogen and oxygen atoms in total. The Labute approximate surface area is 191 Å². The fraction of sp³-hybridized carbons (Fsp3) is 0.0833. The van der Waals surface area contributed by atoms with Crippen LogP contribution in [0.15, 0.2) is 65.3 Å². The zero-order valence-corrected chi connectivity index (χ0v) is 17.8. The standard InChI is InChI=1S/C24H15ClF3NO4/c1-31-21-7-6-13(9-22(21)32-12-14-4-2-3-5-17(14)26)8-20-24(30)33-23(29-20)15-10-18(27)19(28)11-16(15)25/h2-11H,12H2,1H3/b20-8+. The number of carbonyl (C=O) groups excluding carboxylic acids is 1. The summed E-state index contributed by atoms with van der Waals surface area (Å²) in [6, 6.07) is 12.6. The van der Waals surface area contributed by atoms with Crippen LogP contribution in [-0.2, 0) is 16.1 Å². The van der Waals surface area contributed by atoms with Gasteiger partial charge in [-0.2, -0.15) is 0 Å². The molecular formula is C24H15ClF3NO4. The Morgan fingerprint density at radius 2 is 1.76 bits per heavy atom. The van der Waals surface area contributed by atoms with Crippen LogP contribution in [0.25, 0.3) is 6.08 Å². The van der Waals surface area contributed by atoms with Crippen molar-refractivity contribution in [2.45, 2.75) is 6.61 Å². The average Bonchev–Trinajstić information content (AvgIpc) is 3.15. The largest absolute Gasteiger partial charge is 0.493 e. The van der Waals surface area contributed by atoms with E-state index in [9.17, 15) is 18.0 Å². The molecule has 0 amide bonds. The number of methoxy groups -OCH3 is 1. The van der Waals surface area contributed by atoms with Gasteiger partial charge in [0.1, 0.15) is 12.4 Å². The van der Waals surface area contributed by atoms with Gasteiger partial charge in [-0.05, 0) is 42.0 Å². The summed E-state index contributed by atoms with van der Waals surface area (Å²) in [6.07, 6.45) is 1.42. The fourth-order valence-corrected chi connectivity index (χ4v) is 3.27. The highest BCUT2D eigenvalue weighted by Gasteiger charge is 2.27. The van der Waals surface area contributed by atoms with E-state index in [0.717, 1.165) is 12.1 Å². The summed E-state index contributed by atoms with van der Waals surface area (Å²) in [5.74, 6) is -3.02. The van der Waals surface area contributed by atoms with Gasteiger partial charge in [-0.15, -0.1) is 0 Å². The van der Waals surface area contributed by atoms with Gasteiger partial charge in [0.05, 0.1) is 17.7 Å².